The van der Waals surface area contributed by atoms with Crippen LogP contribution in [0.15, 0.2) is 72.9 Å². The first-order chi connectivity index (χ1) is 18.4. The molecule has 0 spiro atoms. The third-order valence-corrected chi connectivity index (χ3v) is 12.7. The molecule has 188 valence electrons. The van der Waals surface area contributed by atoms with Gasteiger partial charge in [-0.2, -0.15) is 47.0 Å². The molecule has 2 aromatic heterocycles. The fraction of sp³-hybridized carbons (Fsp3) is 0.323. The average Bonchev–Trinajstić information content (AvgIpc) is 3.11. The van der Waals surface area contributed by atoms with Crippen LogP contribution >= 0.6 is 47.0 Å². The SMILES string of the molecule is c1cc(C2CSCCSC2)c(-c2cnc3c4ccccc4c4ccccc4n23)c(C2CSCCSC2)c1. The number of aromatic nitrogens is 2. The maximum atomic E-state index is 5.12. The second kappa shape index (κ2) is 10.8. The van der Waals surface area contributed by atoms with E-state index < -0.39 is 0 Å². The lowest BCUT2D eigenvalue weighted by atomic mass is 9.87. The van der Waals surface area contributed by atoms with Crippen molar-refractivity contribution in [1.82, 2.24) is 9.38 Å². The summed E-state index contributed by atoms with van der Waals surface area (Å²) in [7, 11) is 0. The molecule has 0 unspecified atom stereocenters. The van der Waals surface area contributed by atoms with Gasteiger partial charge in [0.2, 0.25) is 0 Å². The lowest BCUT2D eigenvalue weighted by Crippen LogP contribution is -2.12. The van der Waals surface area contributed by atoms with E-state index in [1.165, 1.54) is 90.1 Å². The number of benzene rings is 3. The molecule has 0 N–H and O–H groups in total. The van der Waals surface area contributed by atoms with Gasteiger partial charge >= 0.3 is 0 Å². The number of hydrogen-bond acceptors (Lipinski definition) is 5. The Morgan fingerprint density at radius 2 is 1.14 bits per heavy atom. The molecule has 2 aliphatic heterocycles. The maximum absolute atomic E-state index is 5.12. The van der Waals surface area contributed by atoms with Gasteiger partial charge < -0.3 is 0 Å². The molecule has 6 heteroatoms. The van der Waals surface area contributed by atoms with Gasteiger partial charge in [-0.3, -0.25) is 4.40 Å². The molecule has 3 aromatic carbocycles. The van der Waals surface area contributed by atoms with E-state index in [9.17, 15) is 0 Å². The monoisotopic (exact) mass is 558 g/mol. The Hall–Kier alpha value is -1.73. The van der Waals surface area contributed by atoms with Crippen LogP contribution in [0.5, 0.6) is 0 Å². The van der Waals surface area contributed by atoms with E-state index in [1.54, 1.807) is 0 Å². The van der Waals surface area contributed by atoms with Gasteiger partial charge in [0.25, 0.3) is 0 Å². The number of pyridine rings is 1. The molecule has 7 rings (SSSR count). The summed E-state index contributed by atoms with van der Waals surface area (Å²) < 4.78 is 2.47. The number of para-hydroxylation sites is 1. The van der Waals surface area contributed by atoms with Crippen LogP contribution in [0.4, 0.5) is 0 Å². The summed E-state index contributed by atoms with van der Waals surface area (Å²) in [4.78, 5) is 5.12. The van der Waals surface area contributed by atoms with Gasteiger partial charge in [0, 0.05) is 74.2 Å². The molecule has 0 saturated carbocycles. The van der Waals surface area contributed by atoms with Gasteiger partial charge in [0.15, 0.2) is 0 Å². The fourth-order valence-electron chi connectivity index (χ4n) is 5.93. The van der Waals surface area contributed by atoms with E-state index >= 15 is 0 Å². The zero-order valence-corrected chi connectivity index (χ0v) is 24.0. The third-order valence-electron chi connectivity index (χ3n) is 7.65. The number of imidazole rings is 1. The van der Waals surface area contributed by atoms with Crippen molar-refractivity contribution < 1.29 is 0 Å². The first-order valence-corrected chi connectivity index (χ1v) is 17.7. The lowest BCUT2D eigenvalue weighted by Gasteiger charge is -2.25. The molecule has 4 heterocycles. The Kier molecular flexibility index (Phi) is 7.10. The van der Waals surface area contributed by atoms with Crippen molar-refractivity contribution >= 4 is 74.4 Å². The lowest BCUT2D eigenvalue weighted by molar-refractivity contribution is 0.866. The normalized spacial score (nSPS) is 18.4. The summed E-state index contributed by atoms with van der Waals surface area (Å²) in [5.41, 5.74) is 8.09. The highest BCUT2D eigenvalue weighted by atomic mass is 32.2. The highest BCUT2D eigenvalue weighted by Crippen LogP contribution is 2.43. The summed E-state index contributed by atoms with van der Waals surface area (Å²) in [6, 6.07) is 24.8. The van der Waals surface area contributed by atoms with Gasteiger partial charge in [0.05, 0.1) is 17.4 Å². The highest BCUT2D eigenvalue weighted by molar-refractivity contribution is 8.04. The van der Waals surface area contributed by atoms with E-state index in [1.807, 2.05) is 0 Å². The molecule has 5 aromatic rings. The van der Waals surface area contributed by atoms with Crippen molar-refractivity contribution in [1.29, 1.82) is 0 Å². The van der Waals surface area contributed by atoms with E-state index in [-0.39, 0.29) is 0 Å². The average molecular weight is 559 g/mol. The fourth-order valence-corrected chi connectivity index (χ4v) is 11.1. The number of nitrogens with zero attached hydrogens (tertiary/aromatic N) is 2. The van der Waals surface area contributed by atoms with Crippen molar-refractivity contribution in [3.63, 3.8) is 0 Å². The molecule has 37 heavy (non-hydrogen) atoms. The Morgan fingerprint density at radius 1 is 0.595 bits per heavy atom. The van der Waals surface area contributed by atoms with Crippen molar-refractivity contribution in [2.24, 2.45) is 0 Å². The molecule has 2 aliphatic rings. The summed E-state index contributed by atoms with van der Waals surface area (Å²) in [6.45, 7) is 0. The van der Waals surface area contributed by atoms with Crippen LogP contribution in [-0.4, -0.2) is 55.4 Å². The maximum Gasteiger partial charge on any atom is 0.145 e. The molecule has 0 amide bonds. The molecular formula is C31H30N2S4. The minimum absolute atomic E-state index is 0.566. The molecule has 0 atom stereocenters. The minimum atomic E-state index is 0.566. The first kappa shape index (κ1) is 24.3. The van der Waals surface area contributed by atoms with Crippen LogP contribution in [0.2, 0.25) is 0 Å². The van der Waals surface area contributed by atoms with E-state index in [2.05, 4.69) is 124 Å². The molecule has 2 saturated heterocycles. The molecule has 2 nitrogen and oxygen atoms in total. The van der Waals surface area contributed by atoms with Crippen LogP contribution in [-0.2, 0) is 0 Å². The zero-order chi connectivity index (χ0) is 24.6. The Balaban J connectivity index is 1.54. The zero-order valence-electron chi connectivity index (χ0n) is 20.8. The molecular weight excluding hydrogens is 529 g/mol. The summed E-state index contributed by atoms with van der Waals surface area (Å²) >= 11 is 8.50. The van der Waals surface area contributed by atoms with Crippen molar-refractivity contribution in [2.45, 2.75) is 11.8 Å². The number of hydrogen-bond donors (Lipinski definition) is 0. The first-order valence-electron chi connectivity index (χ1n) is 13.1. The minimum Gasteiger partial charge on any atom is -0.292 e. The quantitative estimate of drug-likeness (QED) is 0.206. The van der Waals surface area contributed by atoms with E-state index in [4.69, 9.17) is 4.98 Å². The predicted octanol–water partition coefficient (Wildman–Crippen LogP) is 8.43. The van der Waals surface area contributed by atoms with Crippen LogP contribution in [0.25, 0.3) is 38.6 Å². The third kappa shape index (κ3) is 4.48. The summed E-state index contributed by atoms with van der Waals surface area (Å²) in [5.74, 6) is 11.0. The van der Waals surface area contributed by atoms with Crippen molar-refractivity contribution in [3.8, 4) is 11.3 Å². The van der Waals surface area contributed by atoms with Gasteiger partial charge in [-0.25, -0.2) is 4.98 Å². The molecule has 2 fully saturated rings. The van der Waals surface area contributed by atoms with Gasteiger partial charge in [0.1, 0.15) is 5.65 Å². The van der Waals surface area contributed by atoms with Crippen LogP contribution < -0.4 is 0 Å². The Labute approximate surface area is 235 Å². The Morgan fingerprint density at radius 3 is 1.76 bits per heavy atom. The molecule has 0 radical (unpaired) electrons. The van der Waals surface area contributed by atoms with Crippen LogP contribution in [0.3, 0.4) is 0 Å². The van der Waals surface area contributed by atoms with Gasteiger partial charge in [-0.05, 0) is 22.6 Å². The molecule has 0 bridgehead atoms. The van der Waals surface area contributed by atoms with Crippen molar-refractivity contribution in [3.05, 3.63) is 84.1 Å². The topological polar surface area (TPSA) is 17.3 Å². The van der Waals surface area contributed by atoms with Gasteiger partial charge in [-0.15, -0.1) is 0 Å². The van der Waals surface area contributed by atoms with Crippen LogP contribution in [0.1, 0.15) is 23.0 Å². The highest BCUT2D eigenvalue weighted by Gasteiger charge is 2.27. The second-order valence-corrected chi connectivity index (χ2v) is 14.5. The van der Waals surface area contributed by atoms with Gasteiger partial charge in [-0.1, -0.05) is 60.7 Å². The number of rotatable bonds is 3. The van der Waals surface area contributed by atoms with E-state index in [0.717, 1.165) is 5.65 Å². The number of fused-ring (bicyclic) bond motifs is 6. The molecule has 0 aliphatic carbocycles. The smallest absolute Gasteiger partial charge is 0.145 e. The summed E-state index contributed by atoms with van der Waals surface area (Å²) in [6.07, 6.45) is 2.17. The number of thioether (sulfide) groups is 4. The predicted molar refractivity (Wildman–Crippen MR) is 170 cm³/mol. The van der Waals surface area contributed by atoms with Crippen LogP contribution in [0, 0.1) is 0 Å². The van der Waals surface area contributed by atoms with E-state index in [0.29, 0.717) is 11.8 Å². The largest absolute Gasteiger partial charge is 0.292 e. The van der Waals surface area contributed by atoms with Crippen molar-refractivity contribution in [2.75, 3.05) is 46.0 Å². The second-order valence-electron chi connectivity index (χ2n) is 9.87. The summed E-state index contributed by atoms with van der Waals surface area (Å²) in [5, 5.41) is 3.81. The Bertz CT molecular complexity index is 1520. The standard InChI is InChI=1S/C31H30N2S4/c1-2-8-27-25(6-1)26-7-3-4-11-28(26)33-29(16-32-31(27)33)30-23(21-17-34-12-13-35-18-21)9-5-10-24(30)22-19-36-14-15-37-20-22/h1-11,16,21-22H,12-15,17-20H2.